The summed E-state index contributed by atoms with van der Waals surface area (Å²) in [4.78, 5) is 1.56. The van der Waals surface area contributed by atoms with E-state index in [1.54, 1.807) is 11.0 Å². The van der Waals surface area contributed by atoms with Crippen LogP contribution in [0.25, 0.3) is 0 Å². The number of anilines is 2. The van der Waals surface area contributed by atoms with Gasteiger partial charge in [-0.25, -0.2) is 13.2 Å². The number of nitrogens with zero attached hydrogens (tertiary/aromatic N) is 1. The second-order valence-electron chi connectivity index (χ2n) is 8.93. The SMILES string of the molecule is CCc1ccc(Nc2c(C(O)N3CC(O)(CNCC(CC)CC)C3)ccc(F)c2F)c(F)c1. The van der Waals surface area contributed by atoms with Crippen molar-refractivity contribution < 1.29 is 23.4 Å². The lowest BCUT2D eigenvalue weighted by Crippen LogP contribution is -2.66. The van der Waals surface area contributed by atoms with Gasteiger partial charge in [-0.05, 0) is 48.7 Å². The number of nitrogens with one attached hydrogen (secondary N) is 2. The molecule has 1 fully saturated rings. The van der Waals surface area contributed by atoms with Crippen molar-refractivity contribution in [1.29, 1.82) is 0 Å². The Hall–Kier alpha value is -2.13. The molecule has 0 saturated carbocycles. The van der Waals surface area contributed by atoms with E-state index in [9.17, 15) is 23.4 Å². The highest BCUT2D eigenvalue weighted by molar-refractivity contribution is 5.65. The van der Waals surface area contributed by atoms with Gasteiger partial charge in [0.05, 0.1) is 11.4 Å². The van der Waals surface area contributed by atoms with Crippen molar-refractivity contribution in [3.63, 3.8) is 0 Å². The number of β-amino-alcohol motifs (C(OH)–C–C–N with tert-alkyl or cyclic N) is 1. The largest absolute Gasteiger partial charge is 0.386 e. The molecule has 0 spiro atoms. The number of aryl methyl sites for hydroxylation is 1. The van der Waals surface area contributed by atoms with Crippen LogP contribution >= 0.6 is 0 Å². The van der Waals surface area contributed by atoms with Crippen molar-refractivity contribution in [2.75, 3.05) is 31.5 Å². The third-order valence-electron chi connectivity index (χ3n) is 6.49. The van der Waals surface area contributed by atoms with Crippen molar-refractivity contribution in [1.82, 2.24) is 10.2 Å². The van der Waals surface area contributed by atoms with Gasteiger partial charge < -0.3 is 20.8 Å². The maximum absolute atomic E-state index is 14.7. The highest BCUT2D eigenvalue weighted by Gasteiger charge is 2.44. The fourth-order valence-corrected chi connectivity index (χ4v) is 4.20. The van der Waals surface area contributed by atoms with Crippen LogP contribution in [-0.2, 0) is 6.42 Å². The molecule has 33 heavy (non-hydrogen) atoms. The summed E-state index contributed by atoms with van der Waals surface area (Å²) in [5.41, 5.74) is -0.513. The van der Waals surface area contributed by atoms with Gasteiger partial charge in [-0.2, -0.15) is 0 Å². The number of hydrogen-bond donors (Lipinski definition) is 4. The molecule has 1 unspecified atom stereocenters. The number of aliphatic hydroxyl groups is 2. The zero-order valence-corrected chi connectivity index (χ0v) is 19.5. The topological polar surface area (TPSA) is 67.8 Å². The van der Waals surface area contributed by atoms with Crippen LogP contribution < -0.4 is 10.6 Å². The van der Waals surface area contributed by atoms with Gasteiger partial charge in [0.1, 0.15) is 17.6 Å². The first kappa shape index (κ1) is 25.5. The summed E-state index contributed by atoms with van der Waals surface area (Å²) < 4.78 is 43.1. The van der Waals surface area contributed by atoms with E-state index in [1.165, 1.54) is 18.2 Å². The first-order valence-electron chi connectivity index (χ1n) is 11.6. The molecular formula is C25H34F3N3O2. The van der Waals surface area contributed by atoms with E-state index < -0.39 is 29.3 Å². The second-order valence-corrected chi connectivity index (χ2v) is 8.93. The van der Waals surface area contributed by atoms with Crippen molar-refractivity contribution in [3.05, 3.63) is 58.9 Å². The average molecular weight is 466 g/mol. The van der Waals surface area contributed by atoms with Gasteiger partial charge in [0.25, 0.3) is 0 Å². The fourth-order valence-electron chi connectivity index (χ4n) is 4.20. The lowest BCUT2D eigenvalue weighted by molar-refractivity contribution is -0.160. The van der Waals surface area contributed by atoms with Crippen LogP contribution in [0.2, 0.25) is 0 Å². The Kier molecular flexibility index (Phi) is 8.39. The maximum atomic E-state index is 14.7. The van der Waals surface area contributed by atoms with E-state index in [0.29, 0.717) is 18.9 Å². The Morgan fingerprint density at radius 1 is 1.03 bits per heavy atom. The molecular weight excluding hydrogens is 431 g/mol. The third kappa shape index (κ3) is 5.87. The predicted molar refractivity (Wildman–Crippen MR) is 124 cm³/mol. The van der Waals surface area contributed by atoms with Crippen molar-refractivity contribution in [3.8, 4) is 0 Å². The molecule has 5 nitrogen and oxygen atoms in total. The molecule has 0 amide bonds. The number of halogens is 3. The predicted octanol–water partition coefficient (Wildman–Crippen LogP) is 4.47. The monoisotopic (exact) mass is 465 g/mol. The summed E-state index contributed by atoms with van der Waals surface area (Å²) in [5.74, 6) is -2.36. The van der Waals surface area contributed by atoms with Crippen LogP contribution in [0, 0.1) is 23.4 Å². The van der Waals surface area contributed by atoms with E-state index in [4.69, 9.17) is 0 Å². The first-order valence-corrected chi connectivity index (χ1v) is 11.6. The first-order chi connectivity index (χ1) is 15.7. The summed E-state index contributed by atoms with van der Waals surface area (Å²) in [6.07, 6.45) is 1.46. The lowest BCUT2D eigenvalue weighted by atomic mass is 9.92. The highest BCUT2D eigenvalue weighted by Crippen LogP contribution is 2.36. The van der Waals surface area contributed by atoms with Gasteiger partial charge in [0, 0.05) is 25.2 Å². The van der Waals surface area contributed by atoms with Crippen molar-refractivity contribution in [2.24, 2.45) is 5.92 Å². The fraction of sp³-hybridized carbons (Fsp3) is 0.520. The van der Waals surface area contributed by atoms with Gasteiger partial charge >= 0.3 is 0 Å². The van der Waals surface area contributed by atoms with Gasteiger partial charge in [-0.1, -0.05) is 39.7 Å². The van der Waals surface area contributed by atoms with Gasteiger partial charge in [-0.15, -0.1) is 0 Å². The van der Waals surface area contributed by atoms with E-state index in [1.807, 2.05) is 6.92 Å². The number of rotatable bonds is 11. The van der Waals surface area contributed by atoms with Crippen LogP contribution in [0.5, 0.6) is 0 Å². The van der Waals surface area contributed by atoms with Gasteiger partial charge in [-0.3, -0.25) is 4.90 Å². The molecule has 1 saturated heterocycles. The molecule has 1 heterocycles. The molecule has 1 atom stereocenters. The average Bonchev–Trinajstić information content (AvgIpc) is 2.78. The van der Waals surface area contributed by atoms with E-state index in [-0.39, 0.29) is 30.0 Å². The normalized spacial score (nSPS) is 16.6. The number of likely N-dealkylation sites (tertiary alicyclic amines) is 1. The standard InChI is InChI=1S/C25H34F3N3O2/c1-4-16(5-2)12-29-13-25(33)14-31(15-25)24(32)18-8-9-19(26)22(28)23(18)30-21-10-7-17(6-3)11-20(21)27/h7-11,16,24,29-30,32-33H,4-6,12-15H2,1-3H3. The zero-order chi connectivity index (χ0) is 24.2. The van der Waals surface area contributed by atoms with Gasteiger partial charge in [0.2, 0.25) is 0 Å². The van der Waals surface area contributed by atoms with E-state index >= 15 is 0 Å². The summed E-state index contributed by atoms with van der Waals surface area (Å²) in [7, 11) is 0. The molecule has 2 aromatic rings. The molecule has 1 aliphatic rings. The minimum Gasteiger partial charge on any atom is -0.386 e. The Balaban J connectivity index is 1.71. The molecule has 0 bridgehead atoms. The molecule has 182 valence electrons. The highest BCUT2D eigenvalue weighted by atomic mass is 19.2. The Morgan fingerprint density at radius 2 is 1.73 bits per heavy atom. The molecule has 8 heteroatoms. The summed E-state index contributed by atoms with van der Waals surface area (Å²) >= 11 is 0. The molecule has 1 aliphatic heterocycles. The minimum atomic E-state index is -1.29. The Labute approximate surface area is 193 Å². The summed E-state index contributed by atoms with van der Waals surface area (Å²) in [6.45, 7) is 7.66. The van der Waals surface area contributed by atoms with Crippen molar-refractivity contribution >= 4 is 11.4 Å². The van der Waals surface area contributed by atoms with Crippen LogP contribution in [0.1, 0.15) is 51.0 Å². The molecule has 0 aromatic heterocycles. The zero-order valence-electron chi connectivity index (χ0n) is 19.5. The van der Waals surface area contributed by atoms with Gasteiger partial charge in [0.15, 0.2) is 11.6 Å². The smallest absolute Gasteiger partial charge is 0.182 e. The van der Waals surface area contributed by atoms with Crippen molar-refractivity contribution in [2.45, 2.75) is 51.9 Å². The third-order valence-corrected chi connectivity index (χ3v) is 6.49. The number of aliphatic hydroxyl groups excluding tert-OH is 1. The lowest BCUT2D eigenvalue weighted by Gasteiger charge is -2.49. The van der Waals surface area contributed by atoms with Crippen LogP contribution in [0.3, 0.4) is 0 Å². The van der Waals surface area contributed by atoms with E-state index in [2.05, 4.69) is 24.5 Å². The molecule has 0 aliphatic carbocycles. The van der Waals surface area contributed by atoms with E-state index in [0.717, 1.165) is 31.0 Å². The molecule has 4 N–H and O–H groups in total. The Morgan fingerprint density at radius 3 is 2.33 bits per heavy atom. The quantitative estimate of drug-likeness (QED) is 0.394. The second kappa shape index (κ2) is 10.9. The molecule has 0 radical (unpaired) electrons. The Bertz CT molecular complexity index is 947. The summed E-state index contributed by atoms with van der Waals surface area (Å²) in [6, 6.07) is 6.69. The molecule has 2 aromatic carbocycles. The molecule has 3 rings (SSSR count). The van der Waals surface area contributed by atoms with Crippen LogP contribution in [0.15, 0.2) is 30.3 Å². The van der Waals surface area contributed by atoms with Crippen LogP contribution in [-0.4, -0.2) is 46.9 Å². The summed E-state index contributed by atoms with van der Waals surface area (Å²) in [5, 5.41) is 27.5. The number of hydrogen-bond acceptors (Lipinski definition) is 5. The maximum Gasteiger partial charge on any atom is 0.182 e. The van der Waals surface area contributed by atoms with Crippen LogP contribution in [0.4, 0.5) is 24.5 Å². The minimum absolute atomic E-state index is 0.0177. The number of benzene rings is 2.